The molecule has 0 aliphatic heterocycles. The van der Waals surface area contributed by atoms with Gasteiger partial charge in [-0.15, -0.1) is 0 Å². The molecule has 0 atom stereocenters. The number of aromatic nitrogens is 2. The second-order valence-corrected chi connectivity index (χ2v) is 3.25. The van der Waals surface area contributed by atoms with Crippen LogP contribution in [0.3, 0.4) is 0 Å². The van der Waals surface area contributed by atoms with Gasteiger partial charge in [0.2, 0.25) is 5.95 Å². The number of nitrogens with one attached hydrogen (secondary N) is 2. The minimum Gasteiger partial charge on any atom is -0.353 e. The first-order chi connectivity index (χ1) is 6.72. The topological polar surface area (TPSA) is 49.8 Å². The average Bonchev–Trinajstić information content (AvgIpc) is 2.11. The lowest BCUT2D eigenvalue weighted by Gasteiger charge is -2.06. The zero-order valence-electron chi connectivity index (χ0n) is 9.09. The SMILES string of the molecule is CCNCCNc1nc(C)cc(C)n1. The van der Waals surface area contributed by atoms with E-state index in [9.17, 15) is 0 Å². The first-order valence-electron chi connectivity index (χ1n) is 4.99. The zero-order chi connectivity index (χ0) is 10.4. The van der Waals surface area contributed by atoms with Gasteiger partial charge >= 0.3 is 0 Å². The predicted octanol–water partition coefficient (Wildman–Crippen LogP) is 1.11. The van der Waals surface area contributed by atoms with Gasteiger partial charge in [-0.05, 0) is 26.5 Å². The molecule has 2 N–H and O–H groups in total. The molecule has 1 aromatic heterocycles. The van der Waals surface area contributed by atoms with Crippen molar-refractivity contribution in [1.82, 2.24) is 15.3 Å². The van der Waals surface area contributed by atoms with Crippen LogP contribution >= 0.6 is 0 Å². The van der Waals surface area contributed by atoms with E-state index in [1.165, 1.54) is 0 Å². The van der Waals surface area contributed by atoms with Crippen molar-refractivity contribution in [3.8, 4) is 0 Å². The van der Waals surface area contributed by atoms with Crippen LogP contribution in [0.25, 0.3) is 0 Å². The Morgan fingerprint density at radius 1 is 1.14 bits per heavy atom. The molecule has 0 bridgehead atoms. The molecule has 0 aliphatic rings. The molecule has 0 saturated heterocycles. The number of hydrogen-bond donors (Lipinski definition) is 2. The van der Waals surface area contributed by atoms with E-state index in [-0.39, 0.29) is 0 Å². The summed E-state index contributed by atoms with van der Waals surface area (Å²) < 4.78 is 0. The van der Waals surface area contributed by atoms with Gasteiger partial charge in [0, 0.05) is 24.5 Å². The fourth-order valence-corrected chi connectivity index (χ4v) is 1.24. The number of rotatable bonds is 5. The van der Waals surface area contributed by atoms with Crippen molar-refractivity contribution < 1.29 is 0 Å². The molecule has 0 radical (unpaired) electrons. The van der Waals surface area contributed by atoms with Crippen molar-refractivity contribution >= 4 is 5.95 Å². The Labute approximate surface area is 85.2 Å². The third kappa shape index (κ3) is 3.70. The zero-order valence-corrected chi connectivity index (χ0v) is 9.09. The number of likely N-dealkylation sites (N-methyl/N-ethyl adjacent to an activating group) is 1. The Hall–Kier alpha value is -1.16. The molecule has 4 nitrogen and oxygen atoms in total. The molecule has 0 aromatic carbocycles. The molecule has 0 aliphatic carbocycles. The summed E-state index contributed by atoms with van der Waals surface area (Å²) in [6, 6.07) is 1.97. The third-order valence-electron chi connectivity index (χ3n) is 1.82. The average molecular weight is 194 g/mol. The highest BCUT2D eigenvalue weighted by molar-refractivity contribution is 5.27. The molecular formula is C10H18N4. The second-order valence-electron chi connectivity index (χ2n) is 3.25. The minimum atomic E-state index is 0.723. The van der Waals surface area contributed by atoms with Gasteiger partial charge in [0.1, 0.15) is 0 Å². The third-order valence-corrected chi connectivity index (χ3v) is 1.82. The van der Waals surface area contributed by atoms with Gasteiger partial charge in [0.25, 0.3) is 0 Å². The molecule has 1 heterocycles. The largest absolute Gasteiger partial charge is 0.353 e. The van der Waals surface area contributed by atoms with Crippen LogP contribution in [-0.4, -0.2) is 29.6 Å². The lowest BCUT2D eigenvalue weighted by atomic mass is 10.4. The highest BCUT2D eigenvalue weighted by Crippen LogP contribution is 2.02. The molecule has 4 heteroatoms. The Morgan fingerprint density at radius 2 is 1.79 bits per heavy atom. The highest BCUT2D eigenvalue weighted by atomic mass is 15.1. The van der Waals surface area contributed by atoms with Gasteiger partial charge in [0.05, 0.1) is 0 Å². The molecule has 1 rings (SSSR count). The summed E-state index contributed by atoms with van der Waals surface area (Å²) in [5.74, 6) is 0.723. The van der Waals surface area contributed by atoms with E-state index in [4.69, 9.17) is 0 Å². The summed E-state index contributed by atoms with van der Waals surface area (Å²) in [6.45, 7) is 8.83. The van der Waals surface area contributed by atoms with E-state index < -0.39 is 0 Å². The summed E-state index contributed by atoms with van der Waals surface area (Å²) in [6.07, 6.45) is 0. The van der Waals surface area contributed by atoms with Crippen LogP contribution in [0, 0.1) is 13.8 Å². The van der Waals surface area contributed by atoms with E-state index in [1.807, 2.05) is 19.9 Å². The Balaban J connectivity index is 2.42. The first-order valence-corrected chi connectivity index (χ1v) is 4.99. The number of anilines is 1. The lowest BCUT2D eigenvalue weighted by Crippen LogP contribution is -2.22. The summed E-state index contributed by atoms with van der Waals surface area (Å²) in [7, 11) is 0. The molecule has 0 saturated carbocycles. The molecule has 14 heavy (non-hydrogen) atoms. The maximum atomic E-state index is 4.28. The smallest absolute Gasteiger partial charge is 0.223 e. The van der Waals surface area contributed by atoms with Gasteiger partial charge < -0.3 is 10.6 Å². The van der Waals surface area contributed by atoms with Gasteiger partial charge in [-0.1, -0.05) is 6.92 Å². The van der Waals surface area contributed by atoms with Crippen molar-refractivity contribution in [2.45, 2.75) is 20.8 Å². The Kier molecular flexibility index (Phi) is 4.32. The van der Waals surface area contributed by atoms with Crippen molar-refractivity contribution in [2.75, 3.05) is 25.0 Å². The molecule has 1 aromatic rings. The van der Waals surface area contributed by atoms with Crippen LogP contribution < -0.4 is 10.6 Å². The molecule has 0 spiro atoms. The van der Waals surface area contributed by atoms with Crippen LogP contribution in [0.4, 0.5) is 5.95 Å². The summed E-state index contributed by atoms with van der Waals surface area (Å²) in [5.41, 5.74) is 2.01. The van der Waals surface area contributed by atoms with Crippen LogP contribution in [0.15, 0.2) is 6.07 Å². The monoisotopic (exact) mass is 194 g/mol. The van der Waals surface area contributed by atoms with Gasteiger partial charge in [-0.25, -0.2) is 9.97 Å². The molecule has 0 unspecified atom stereocenters. The summed E-state index contributed by atoms with van der Waals surface area (Å²) in [4.78, 5) is 8.56. The van der Waals surface area contributed by atoms with Gasteiger partial charge in [-0.3, -0.25) is 0 Å². The second kappa shape index (κ2) is 5.54. The fraction of sp³-hybridized carbons (Fsp3) is 0.600. The van der Waals surface area contributed by atoms with Gasteiger partial charge in [-0.2, -0.15) is 0 Å². The van der Waals surface area contributed by atoms with Crippen LogP contribution in [-0.2, 0) is 0 Å². The number of nitrogens with zero attached hydrogens (tertiary/aromatic N) is 2. The Bertz CT molecular complexity index is 265. The summed E-state index contributed by atoms with van der Waals surface area (Å²) in [5, 5.41) is 6.41. The van der Waals surface area contributed by atoms with Crippen molar-refractivity contribution in [1.29, 1.82) is 0 Å². The van der Waals surface area contributed by atoms with Crippen LogP contribution in [0.1, 0.15) is 18.3 Å². The highest BCUT2D eigenvalue weighted by Gasteiger charge is 1.97. The molecular weight excluding hydrogens is 176 g/mol. The van der Waals surface area contributed by atoms with Crippen molar-refractivity contribution in [2.24, 2.45) is 0 Å². The predicted molar refractivity (Wildman–Crippen MR) is 58.5 cm³/mol. The normalized spacial score (nSPS) is 10.2. The minimum absolute atomic E-state index is 0.723. The van der Waals surface area contributed by atoms with E-state index in [2.05, 4.69) is 27.5 Å². The molecule has 78 valence electrons. The fourth-order valence-electron chi connectivity index (χ4n) is 1.24. The first kappa shape index (κ1) is 10.9. The van der Waals surface area contributed by atoms with Crippen LogP contribution in [0.5, 0.6) is 0 Å². The van der Waals surface area contributed by atoms with E-state index >= 15 is 0 Å². The van der Waals surface area contributed by atoms with E-state index in [0.29, 0.717) is 0 Å². The standard InChI is InChI=1S/C10H18N4/c1-4-11-5-6-12-10-13-8(2)7-9(3)14-10/h7,11H,4-6H2,1-3H3,(H,12,13,14). The quantitative estimate of drug-likeness (QED) is 0.690. The molecule has 0 amide bonds. The summed E-state index contributed by atoms with van der Waals surface area (Å²) >= 11 is 0. The maximum Gasteiger partial charge on any atom is 0.223 e. The van der Waals surface area contributed by atoms with Crippen molar-refractivity contribution in [3.05, 3.63) is 17.5 Å². The number of aryl methyl sites for hydroxylation is 2. The maximum absolute atomic E-state index is 4.28. The number of hydrogen-bond acceptors (Lipinski definition) is 4. The molecule has 0 fully saturated rings. The van der Waals surface area contributed by atoms with Gasteiger partial charge in [0.15, 0.2) is 0 Å². The van der Waals surface area contributed by atoms with E-state index in [1.54, 1.807) is 0 Å². The van der Waals surface area contributed by atoms with Crippen LogP contribution in [0.2, 0.25) is 0 Å². The van der Waals surface area contributed by atoms with Crippen molar-refractivity contribution in [3.63, 3.8) is 0 Å². The lowest BCUT2D eigenvalue weighted by molar-refractivity contribution is 0.735. The van der Waals surface area contributed by atoms with E-state index in [0.717, 1.165) is 37.0 Å². The Morgan fingerprint density at radius 3 is 2.36 bits per heavy atom.